The summed E-state index contributed by atoms with van der Waals surface area (Å²) >= 11 is 0. The van der Waals surface area contributed by atoms with Crippen LogP contribution in [-0.2, 0) is 0 Å². The lowest BCUT2D eigenvalue weighted by Crippen LogP contribution is -2.29. The van der Waals surface area contributed by atoms with Crippen molar-refractivity contribution < 1.29 is 0 Å². The van der Waals surface area contributed by atoms with E-state index in [2.05, 4.69) is 43.2 Å². The van der Waals surface area contributed by atoms with Gasteiger partial charge < -0.3 is 5.32 Å². The van der Waals surface area contributed by atoms with Crippen LogP contribution in [0.15, 0.2) is 24.4 Å². The molecular weight excluding hydrogens is 196 g/mol. The van der Waals surface area contributed by atoms with Gasteiger partial charge in [0.2, 0.25) is 0 Å². The minimum atomic E-state index is 0.413. The standard InChI is InChI=1S/C14H24N2/c1-4-10-16-14(12(5-2)6-3)13-9-7-8-11-15-13/h7-9,11-12,14,16H,4-6,10H2,1-3H3. The second-order valence-corrected chi connectivity index (χ2v) is 4.26. The maximum Gasteiger partial charge on any atom is 0.0575 e. The van der Waals surface area contributed by atoms with E-state index < -0.39 is 0 Å². The Morgan fingerprint density at radius 2 is 1.94 bits per heavy atom. The van der Waals surface area contributed by atoms with Gasteiger partial charge in [0.25, 0.3) is 0 Å². The van der Waals surface area contributed by atoms with Crippen LogP contribution in [0.2, 0.25) is 0 Å². The first-order chi connectivity index (χ1) is 7.83. The normalized spacial score (nSPS) is 13.0. The largest absolute Gasteiger partial charge is 0.308 e. The van der Waals surface area contributed by atoms with E-state index in [0.29, 0.717) is 12.0 Å². The van der Waals surface area contributed by atoms with Crippen molar-refractivity contribution in [3.05, 3.63) is 30.1 Å². The minimum Gasteiger partial charge on any atom is -0.308 e. The third-order valence-electron chi connectivity index (χ3n) is 3.14. The molecule has 1 atom stereocenters. The molecule has 0 saturated heterocycles. The first kappa shape index (κ1) is 13.2. The average molecular weight is 220 g/mol. The van der Waals surface area contributed by atoms with Crippen molar-refractivity contribution >= 4 is 0 Å². The fraction of sp³-hybridized carbons (Fsp3) is 0.643. The Bertz CT molecular complexity index is 267. The van der Waals surface area contributed by atoms with Gasteiger partial charge in [-0.3, -0.25) is 4.98 Å². The molecule has 1 aromatic heterocycles. The fourth-order valence-corrected chi connectivity index (χ4v) is 2.13. The molecule has 0 amide bonds. The van der Waals surface area contributed by atoms with E-state index in [4.69, 9.17) is 0 Å². The van der Waals surface area contributed by atoms with Crippen LogP contribution in [0.1, 0.15) is 51.8 Å². The molecule has 16 heavy (non-hydrogen) atoms. The Labute approximate surface area is 99.5 Å². The van der Waals surface area contributed by atoms with Gasteiger partial charge in [-0.2, -0.15) is 0 Å². The van der Waals surface area contributed by atoms with Crippen LogP contribution in [-0.4, -0.2) is 11.5 Å². The maximum absolute atomic E-state index is 4.49. The fourth-order valence-electron chi connectivity index (χ4n) is 2.13. The van der Waals surface area contributed by atoms with Gasteiger partial charge in [0, 0.05) is 6.20 Å². The van der Waals surface area contributed by atoms with E-state index in [9.17, 15) is 0 Å². The second kappa shape index (κ2) is 7.39. The van der Waals surface area contributed by atoms with Crippen molar-refractivity contribution in [2.75, 3.05) is 6.54 Å². The quantitative estimate of drug-likeness (QED) is 0.760. The molecule has 1 N–H and O–H groups in total. The monoisotopic (exact) mass is 220 g/mol. The maximum atomic E-state index is 4.49. The van der Waals surface area contributed by atoms with Gasteiger partial charge >= 0.3 is 0 Å². The molecule has 2 heteroatoms. The lowest BCUT2D eigenvalue weighted by Gasteiger charge is -2.26. The van der Waals surface area contributed by atoms with Gasteiger partial charge in [-0.05, 0) is 31.0 Å². The van der Waals surface area contributed by atoms with Crippen molar-refractivity contribution in [3.63, 3.8) is 0 Å². The van der Waals surface area contributed by atoms with Crippen LogP contribution in [0.5, 0.6) is 0 Å². The molecule has 2 nitrogen and oxygen atoms in total. The van der Waals surface area contributed by atoms with E-state index in [0.717, 1.165) is 6.54 Å². The molecule has 0 aliphatic carbocycles. The highest BCUT2D eigenvalue weighted by Crippen LogP contribution is 2.25. The summed E-state index contributed by atoms with van der Waals surface area (Å²) < 4.78 is 0. The van der Waals surface area contributed by atoms with E-state index in [1.54, 1.807) is 0 Å². The van der Waals surface area contributed by atoms with Gasteiger partial charge in [0.05, 0.1) is 11.7 Å². The van der Waals surface area contributed by atoms with Crippen LogP contribution in [0.4, 0.5) is 0 Å². The molecule has 0 aliphatic heterocycles. The highest BCUT2D eigenvalue weighted by molar-refractivity contribution is 5.09. The lowest BCUT2D eigenvalue weighted by atomic mass is 9.91. The molecule has 0 aliphatic rings. The Morgan fingerprint density at radius 3 is 2.44 bits per heavy atom. The molecule has 1 aromatic rings. The van der Waals surface area contributed by atoms with Crippen molar-refractivity contribution in [1.29, 1.82) is 0 Å². The van der Waals surface area contributed by atoms with Crippen LogP contribution < -0.4 is 5.32 Å². The molecule has 0 bridgehead atoms. The molecule has 1 heterocycles. The van der Waals surface area contributed by atoms with E-state index in [-0.39, 0.29) is 0 Å². The second-order valence-electron chi connectivity index (χ2n) is 4.26. The van der Waals surface area contributed by atoms with Gasteiger partial charge in [0.15, 0.2) is 0 Å². The summed E-state index contributed by atoms with van der Waals surface area (Å²) in [5.74, 6) is 0.682. The Hall–Kier alpha value is -0.890. The van der Waals surface area contributed by atoms with Crippen LogP contribution in [0.25, 0.3) is 0 Å². The molecular formula is C14H24N2. The molecule has 0 fully saturated rings. The zero-order chi connectivity index (χ0) is 11.8. The highest BCUT2D eigenvalue weighted by atomic mass is 14.9. The molecule has 90 valence electrons. The molecule has 0 saturated carbocycles. The topological polar surface area (TPSA) is 24.9 Å². The molecule has 0 radical (unpaired) electrons. The summed E-state index contributed by atoms with van der Waals surface area (Å²) in [7, 11) is 0. The van der Waals surface area contributed by atoms with Crippen molar-refractivity contribution in [2.45, 2.75) is 46.1 Å². The lowest BCUT2D eigenvalue weighted by molar-refractivity contribution is 0.335. The summed E-state index contributed by atoms with van der Waals surface area (Å²) in [4.78, 5) is 4.49. The van der Waals surface area contributed by atoms with Crippen molar-refractivity contribution in [2.24, 2.45) is 5.92 Å². The summed E-state index contributed by atoms with van der Waals surface area (Å²) in [5, 5.41) is 3.63. The van der Waals surface area contributed by atoms with E-state index in [1.807, 2.05) is 12.3 Å². The van der Waals surface area contributed by atoms with Gasteiger partial charge in [0.1, 0.15) is 0 Å². The molecule has 0 spiro atoms. The smallest absolute Gasteiger partial charge is 0.0575 e. The van der Waals surface area contributed by atoms with Crippen LogP contribution in [0.3, 0.4) is 0 Å². The van der Waals surface area contributed by atoms with Crippen molar-refractivity contribution in [3.8, 4) is 0 Å². The Balaban J connectivity index is 2.78. The van der Waals surface area contributed by atoms with Gasteiger partial charge in [-0.15, -0.1) is 0 Å². The molecule has 1 unspecified atom stereocenters. The first-order valence-corrected chi connectivity index (χ1v) is 6.47. The third kappa shape index (κ3) is 3.60. The van der Waals surface area contributed by atoms with Gasteiger partial charge in [-0.1, -0.05) is 39.7 Å². The van der Waals surface area contributed by atoms with Crippen LogP contribution in [0, 0.1) is 5.92 Å². The van der Waals surface area contributed by atoms with Crippen LogP contribution >= 0.6 is 0 Å². The Morgan fingerprint density at radius 1 is 1.19 bits per heavy atom. The zero-order valence-electron chi connectivity index (χ0n) is 10.7. The number of pyridine rings is 1. The third-order valence-corrected chi connectivity index (χ3v) is 3.14. The average Bonchev–Trinajstić information content (AvgIpc) is 2.35. The number of hydrogen-bond donors (Lipinski definition) is 1. The number of hydrogen-bond acceptors (Lipinski definition) is 2. The number of nitrogens with one attached hydrogen (secondary N) is 1. The minimum absolute atomic E-state index is 0.413. The summed E-state index contributed by atoms with van der Waals surface area (Å²) in [6.45, 7) is 7.79. The predicted molar refractivity (Wildman–Crippen MR) is 69.3 cm³/mol. The number of rotatable bonds is 7. The van der Waals surface area contributed by atoms with Gasteiger partial charge in [-0.25, -0.2) is 0 Å². The number of aromatic nitrogens is 1. The van der Waals surface area contributed by atoms with E-state index >= 15 is 0 Å². The highest BCUT2D eigenvalue weighted by Gasteiger charge is 2.20. The first-order valence-electron chi connectivity index (χ1n) is 6.47. The van der Waals surface area contributed by atoms with Crippen molar-refractivity contribution in [1.82, 2.24) is 10.3 Å². The molecule has 1 rings (SSSR count). The summed E-state index contributed by atoms with van der Waals surface area (Å²) in [6.07, 6.45) is 5.46. The predicted octanol–water partition coefficient (Wildman–Crippen LogP) is 3.56. The van der Waals surface area contributed by atoms with E-state index in [1.165, 1.54) is 25.0 Å². The SMILES string of the molecule is CCCNC(c1ccccn1)C(CC)CC. The summed E-state index contributed by atoms with van der Waals surface area (Å²) in [5.41, 5.74) is 1.18. The summed E-state index contributed by atoms with van der Waals surface area (Å²) in [6, 6.07) is 6.60. The molecule has 0 aromatic carbocycles. The zero-order valence-corrected chi connectivity index (χ0v) is 10.7. The Kier molecular flexibility index (Phi) is 6.09. The number of nitrogens with zero attached hydrogens (tertiary/aromatic N) is 1.